The number of nitrogen functional groups attached to an aromatic ring is 1. The Balaban J connectivity index is 2.24. The van der Waals surface area contributed by atoms with Crippen LogP contribution in [0.4, 0.5) is 5.69 Å². The zero-order valence-electron chi connectivity index (χ0n) is 12.6. The molecule has 1 aromatic rings. The Kier molecular flexibility index (Phi) is 4.68. The van der Waals surface area contributed by atoms with Gasteiger partial charge in [0.1, 0.15) is 0 Å². The number of sulfonamides is 1. The smallest absolute Gasteiger partial charge is 0.242 e. The van der Waals surface area contributed by atoms with E-state index < -0.39 is 10.0 Å². The summed E-state index contributed by atoms with van der Waals surface area (Å²) in [6.07, 6.45) is 3.22. The number of hydrogen-bond acceptors (Lipinski definition) is 4. The zero-order chi connectivity index (χ0) is 15.8. The van der Waals surface area contributed by atoms with Crippen molar-refractivity contribution in [3.63, 3.8) is 0 Å². The van der Waals surface area contributed by atoms with Gasteiger partial charge in [-0.05, 0) is 67.5 Å². The zero-order valence-corrected chi connectivity index (χ0v) is 15.0. The molecule has 1 saturated carbocycles. The van der Waals surface area contributed by atoms with Gasteiger partial charge in [0.05, 0.1) is 4.90 Å². The van der Waals surface area contributed by atoms with Crippen molar-refractivity contribution < 1.29 is 8.42 Å². The number of nitrogens with zero attached hydrogens (tertiary/aromatic N) is 2. The second-order valence-corrected chi connectivity index (χ2v) is 8.82. The minimum absolute atomic E-state index is 0.0349. The lowest BCUT2D eigenvalue weighted by atomic mass is 9.75. The molecule has 7 heteroatoms. The van der Waals surface area contributed by atoms with Gasteiger partial charge in [-0.1, -0.05) is 0 Å². The van der Waals surface area contributed by atoms with Crippen LogP contribution < -0.4 is 5.73 Å². The second-order valence-electron chi connectivity index (χ2n) is 5.92. The van der Waals surface area contributed by atoms with Crippen molar-refractivity contribution in [3.8, 4) is 0 Å². The predicted molar refractivity (Wildman–Crippen MR) is 88.6 cm³/mol. The third kappa shape index (κ3) is 3.11. The normalized spacial score (nSPS) is 18.0. The van der Waals surface area contributed by atoms with Crippen molar-refractivity contribution in [2.45, 2.75) is 29.7 Å². The maximum atomic E-state index is 12.7. The number of likely N-dealkylation sites (N-methyl/N-ethyl adjacent to an activating group) is 2. The Morgan fingerprint density at radius 2 is 1.90 bits per heavy atom. The van der Waals surface area contributed by atoms with Crippen LogP contribution in [0.2, 0.25) is 0 Å². The standard InChI is InChI=1S/C14H22BrN3O2S/c1-17(2)14(7-4-8-14)10-18(3)21(19,20)11-5-6-13(16)12(15)9-11/h5-6,9H,4,7-8,10,16H2,1-3H3. The van der Waals surface area contributed by atoms with Crippen LogP contribution in [0.5, 0.6) is 0 Å². The molecule has 0 amide bonds. The molecule has 1 aliphatic carbocycles. The SMILES string of the molecule is CN(C)C1(CN(C)S(=O)(=O)c2ccc(N)c(Br)c2)CCC1. The second kappa shape index (κ2) is 5.87. The molecule has 0 heterocycles. The van der Waals surface area contributed by atoms with E-state index in [-0.39, 0.29) is 10.4 Å². The molecule has 5 nitrogen and oxygen atoms in total. The Morgan fingerprint density at radius 3 is 2.33 bits per heavy atom. The molecule has 0 aliphatic heterocycles. The maximum absolute atomic E-state index is 12.7. The van der Waals surface area contributed by atoms with Crippen molar-refractivity contribution in [2.75, 3.05) is 33.4 Å². The number of halogens is 1. The van der Waals surface area contributed by atoms with Gasteiger partial charge < -0.3 is 10.6 Å². The Hall–Kier alpha value is -0.630. The molecule has 21 heavy (non-hydrogen) atoms. The number of benzene rings is 1. The average Bonchev–Trinajstić information content (AvgIpc) is 2.36. The van der Waals surface area contributed by atoms with Gasteiger partial charge in [-0.3, -0.25) is 0 Å². The lowest BCUT2D eigenvalue weighted by molar-refractivity contribution is 0.0455. The quantitative estimate of drug-likeness (QED) is 0.800. The van der Waals surface area contributed by atoms with E-state index in [0.29, 0.717) is 16.7 Å². The molecular weight excluding hydrogens is 354 g/mol. The summed E-state index contributed by atoms with van der Waals surface area (Å²) in [5.74, 6) is 0. The van der Waals surface area contributed by atoms with Gasteiger partial charge >= 0.3 is 0 Å². The van der Waals surface area contributed by atoms with E-state index in [9.17, 15) is 8.42 Å². The number of hydrogen-bond donors (Lipinski definition) is 1. The molecule has 0 unspecified atom stereocenters. The molecule has 0 aromatic heterocycles. The number of nitrogens with two attached hydrogens (primary N) is 1. The Morgan fingerprint density at radius 1 is 1.29 bits per heavy atom. The third-order valence-electron chi connectivity index (χ3n) is 4.43. The number of anilines is 1. The number of rotatable bonds is 5. The molecular formula is C14H22BrN3O2S. The van der Waals surface area contributed by atoms with Gasteiger partial charge in [0.25, 0.3) is 0 Å². The first-order chi connectivity index (χ1) is 9.69. The largest absolute Gasteiger partial charge is 0.398 e. The summed E-state index contributed by atoms with van der Waals surface area (Å²) < 4.78 is 27.4. The van der Waals surface area contributed by atoms with Gasteiger partial charge in [0, 0.05) is 29.3 Å². The van der Waals surface area contributed by atoms with E-state index in [1.54, 1.807) is 25.2 Å². The monoisotopic (exact) mass is 375 g/mol. The van der Waals surface area contributed by atoms with E-state index in [2.05, 4.69) is 20.8 Å². The molecule has 2 N–H and O–H groups in total. The van der Waals surface area contributed by atoms with E-state index in [1.807, 2.05) is 14.1 Å². The van der Waals surface area contributed by atoms with E-state index in [0.717, 1.165) is 19.3 Å². The molecule has 2 rings (SSSR count). The van der Waals surface area contributed by atoms with E-state index >= 15 is 0 Å². The lowest BCUT2D eigenvalue weighted by Crippen LogP contribution is -2.57. The fourth-order valence-corrected chi connectivity index (χ4v) is 4.49. The van der Waals surface area contributed by atoms with Crippen LogP contribution in [0, 0.1) is 0 Å². The molecule has 1 fully saturated rings. The van der Waals surface area contributed by atoms with Gasteiger partial charge in [-0.25, -0.2) is 8.42 Å². The maximum Gasteiger partial charge on any atom is 0.242 e. The van der Waals surface area contributed by atoms with Crippen molar-refractivity contribution >= 4 is 31.6 Å². The highest BCUT2D eigenvalue weighted by atomic mass is 79.9. The highest BCUT2D eigenvalue weighted by Crippen LogP contribution is 2.37. The molecule has 0 bridgehead atoms. The minimum Gasteiger partial charge on any atom is -0.398 e. The van der Waals surface area contributed by atoms with E-state index in [4.69, 9.17) is 5.73 Å². The first-order valence-corrected chi connectivity index (χ1v) is 9.11. The summed E-state index contributed by atoms with van der Waals surface area (Å²) in [5.41, 5.74) is 6.21. The summed E-state index contributed by atoms with van der Waals surface area (Å²) in [6.45, 7) is 0.504. The van der Waals surface area contributed by atoms with Gasteiger partial charge in [0.2, 0.25) is 10.0 Å². The highest BCUT2D eigenvalue weighted by molar-refractivity contribution is 9.10. The van der Waals surface area contributed by atoms with Crippen LogP contribution in [0.15, 0.2) is 27.6 Å². The Labute approximate surface area is 135 Å². The molecule has 118 valence electrons. The van der Waals surface area contributed by atoms with Gasteiger partial charge in [-0.2, -0.15) is 4.31 Å². The molecule has 0 atom stereocenters. The van der Waals surface area contributed by atoms with Crippen LogP contribution in [-0.2, 0) is 10.0 Å². The Bertz CT molecular complexity index is 627. The summed E-state index contributed by atoms with van der Waals surface area (Å²) >= 11 is 3.28. The first-order valence-electron chi connectivity index (χ1n) is 6.88. The predicted octanol–water partition coefficient (Wildman–Crippen LogP) is 2.14. The fourth-order valence-electron chi connectivity index (χ4n) is 2.68. The van der Waals surface area contributed by atoms with Crippen molar-refractivity contribution in [1.82, 2.24) is 9.21 Å². The van der Waals surface area contributed by atoms with Crippen LogP contribution in [-0.4, -0.2) is 50.8 Å². The summed E-state index contributed by atoms with van der Waals surface area (Å²) in [4.78, 5) is 2.40. The van der Waals surface area contributed by atoms with Crippen molar-refractivity contribution in [3.05, 3.63) is 22.7 Å². The topological polar surface area (TPSA) is 66.6 Å². The van der Waals surface area contributed by atoms with Crippen LogP contribution in [0.25, 0.3) is 0 Å². The van der Waals surface area contributed by atoms with Crippen molar-refractivity contribution in [1.29, 1.82) is 0 Å². The highest BCUT2D eigenvalue weighted by Gasteiger charge is 2.42. The molecule has 0 spiro atoms. The van der Waals surface area contributed by atoms with Crippen LogP contribution >= 0.6 is 15.9 Å². The fraction of sp³-hybridized carbons (Fsp3) is 0.571. The molecule has 0 saturated heterocycles. The molecule has 0 radical (unpaired) electrons. The van der Waals surface area contributed by atoms with E-state index in [1.165, 1.54) is 4.31 Å². The average molecular weight is 376 g/mol. The lowest BCUT2D eigenvalue weighted by Gasteiger charge is -2.48. The van der Waals surface area contributed by atoms with Crippen LogP contribution in [0.3, 0.4) is 0 Å². The van der Waals surface area contributed by atoms with Gasteiger partial charge in [0.15, 0.2) is 0 Å². The van der Waals surface area contributed by atoms with Crippen molar-refractivity contribution in [2.24, 2.45) is 0 Å². The minimum atomic E-state index is -3.50. The van der Waals surface area contributed by atoms with Crippen LogP contribution in [0.1, 0.15) is 19.3 Å². The first kappa shape index (κ1) is 16.7. The molecule has 1 aliphatic rings. The molecule has 1 aromatic carbocycles. The van der Waals surface area contributed by atoms with Gasteiger partial charge in [-0.15, -0.1) is 0 Å². The summed E-state index contributed by atoms with van der Waals surface area (Å²) in [5, 5.41) is 0. The third-order valence-corrected chi connectivity index (χ3v) is 6.92. The summed E-state index contributed by atoms with van der Waals surface area (Å²) in [6, 6.07) is 4.72. The summed E-state index contributed by atoms with van der Waals surface area (Å²) in [7, 11) is 2.17.